The van der Waals surface area contributed by atoms with E-state index in [0.29, 0.717) is 5.02 Å². The topological polar surface area (TPSA) is 38.3 Å². The minimum absolute atomic E-state index is 0.126. The van der Waals surface area contributed by atoms with E-state index in [2.05, 4.69) is 10.1 Å². The molecule has 1 aromatic carbocycles. The number of nitrogens with one attached hydrogen (secondary N) is 1. The molecule has 0 spiro atoms. The number of methoxy groups -OCH3 is 1. The van der Waals surface area contributed by atoms with Crippen molar-refractivity contribution in [2.45, 2.75) is 6.92 Å². The Balaban J connectivity index is 2.71. The summed E-state index contributed by atoms with van der Waals surface area (Å²) in [6.07, 6.45) is 0. The minimum atomic E-state index is -0.315. The maximum atomic E-state index is 10.9. The molecule has 14 heavy (non-hydrogen) atoms. The number of anilines is 1. The largest absolute Gasteiger partial charge is 0.468 e. The first-order chi connectivity index (χ1) is 6.65. The van der Waals surface area contributed by atoms with Crippen LogP contribution in [0.2, 0.25) is 5.02 Å². The number of ether oxygens (including phenoxy) is 1. The van der Waals surface area contributed by atoms with Crippen molar-refractivity contribution in [1.82, 2.24) is 0 Å². The van der Waals surface area contributed by atoms with Gasteiger partial charge < -0.3 is 10.1 Å². The fourth-order valence-corrected chi connectivity index (χ4v) is 1.38. The van der Waals surface area contributed by atoms with Gasteiger partial charge in [0.05, 0.1) is 17.8 Å². The number of hydrogen-bond donors (Lipinski definition) is 1. The highest BCUT2D eigenvalue weighted by atomic mass is 35.5. The van der Waals surface area contributed by atoms with E-state index in [0.717, 1.165) is 11.3 Å². The zero-order valence-electron chi connectivity index (χ0n) is 8.13. The second kappa shape index (κ2) is 4.86. The predicted octanol–water partition coefficient (Wildman–Crippen LogP) is 2.23. The summed E-state index contributed by atoms with van der Waals surface area (Å²) in [4.78, 5) is 10.9. The van der Waals surface area contributed by atoms with Crippen molar-refractivity contribution in [2.75, 3.05) is 19.0 Å². The summed E-state index contributed by atoms with van der Waals surface area (Å²) in [7, 11) is 1.35. The first-order valence-electron chi connectivity index (χ1n) is 4.21. The van der Waals surface area contributed by atoms with Crippen molar-refractivity contribution >= 4 is 23.3 Å². The Morgan fingerprint density at radius 2 is 2.29 bits per heavy atom. The molecule has 0 aliphatic rings. The summed E-state index contributed by atoms with van der Waals surface area (Å²) in [5, 5.41) is 3.53. The molecule has 0 aliphatic heterocycles. The molecule has 1 N–H and O–H groups in total. The van der Waals surface area contributed by atoms with Crippen molar-refractivity contribution in [2.24, 2.45) is 0 Å². The zero-order chi connectivity index (χ0) is 10.6. The highest BCUT2D eigenvalue weighted by Gasteiger charge is 2.05. The van der Waals surface area contributed by atoms with Crippen LogP contribution in [-0.2, 0) is 9.53 Å². The average Bonchev–Trinajstić information content (AvgIpc) is 2.16. The van der Waals surface area contributed by atoms with Gasteiger partial charge in [0.25, 0.3) is 0 Å². The average molecular weight is 214 g/mol. The monoisotopic (exact) mass is 213 g/mol. The van der Waals surface area contributed by atoms with E-state index >= 15 is 0 Å². The second-order valence-electron chi connectivity index (χ2n) is 2.86. The fraction of sp³-hybridized carbons (Fsp3) is 0.300. The van der Waals surface area contributed by atoms with Crippen LogP contribution >= 0.6 is 11.6 Å². The third-order valence-electron chi connectivity index (χ3n) is 1.86. The Hall–Kier alpha value is -1.22. The summed E-state index contributed by atoms with van der Waals surface area (Å²) in [6.45, 7) is 2.05. The molecule has 1 rings (SSSR count). The first-order valence-corrected chi connectivity index (χ1v) is 4.58. The van der Waals surface area contributed by atoms with Gasteiger partial charge in [-0.3, -0.25) is 4.79 Å². The molecule has 0 saturated carbocycles. The highest BCUT2D eigenvalue weighted by molar-refractivity contribution is 6.33. The number of hydrogen-bond acceptors (Lipinski definition) is 3. The molecule has 0 radical (unpaired) electrons. The number of benzene rings is 1. The number of rotatable bonds is 3. The van der Waals surface area contributed by atoms with Crippen LogP contribution in [0.1, 0.15) is 5.56 Å². The van der Waals surface area contributed by atoms with Crippen LogP contribution < -0.4 is 5.32 Å². The van der Waals surface area contributed by atoms with Gasteiger partial charge >= 0.3 is 5.97 Å². The first kappa shape index (κ1) is 10.9. The fourth-order valence-electron chi connectivity index (χ4n) is 1.09. The molecule has 0 bridgehead atoms. The van der Waals surface area contributed by atoms with Gasteiger partial charge in [0, 0.05) is 0 Å². The quantitative estimate of drug-likeness (QED) is 0.783. The lowest BCUT2D eigenvalue weighted by Crippen LogP contribution is -2.15. The van der Waals surface area contributed by atoms with Gasteiger partial charge in [-0.1, -0.05) is 23.7 Å². The Morgan fingerprint density at radius 3 is 2.86 bits per heavy atom. The maximum absolute atomic E-state index is 10.9. The molecule has 0 unspecified atom stereocenters. The van der Waals surface area contributed by atoms with Gasteiger partial charge in [0.15, 0.2) is 0 Å². The molecule has 0 amide bonds. The number of carbonyl (C=O) groups excluding carboxylic acids is 1. The van der Waals surface area contributed by atoms with E-state index in [4.69, 9.17) is 11.6 Å². The number of esters is 1. The van der Waals surface area contributed by atoms with Crippen LogP contribution in [0.4, 0.5) is 5.69 Å². The van der Waals surface area contributed by atoms with Crippen LogP contribution in [0.3, 0.4) is 0 Å². The molecular weight excluding hydrogens is 202 g/mol. The Morgan fingerprint density at radius 1 is 1.57 bits per heavy atom. The van der Waals surface area contributed by atoms with E-state index in [-0.39, 0.29) is 12.5 Å². The van der Waals surface area contributed by atoms with E-state index in [1.54, 1.807) is 6.07 Å². The molecule has 0 saturated heterocycles. The van der Waals surface area contributed by atoms with Crippen LogP contribution in [0.5, 0.6) is 0 Å². The number of para-hydroxylation sites is 1. The van der Waals surface area contributed by atoms with E-state index in [1.807, 2.05) is 19.1 Å². The van der Waals surface area contributed by atoms with Crippen LogP contribution in [0, 0.1) is 6.92 Å². The molecule has 0 aliphatic carbocycles. The molecule has 0 heterocycles. The summed E-state index contributed by atoms with van der Waals surface area (Å²) >= 11 is 5.94. The maximum Gasteiger partial charge on any atom is 0.325 e. The van der Waals surface area contributed by atoms with Crippen molar-refractivity contribution in [3.63, 3.8) is 0 Å². The van der Waals surface area contributed by atoms with Crippen LogP contribution in [-0.4, -0.2) is 19.6 Å². The zero-order valence-corrected chi connectivity index (χ0v) is 8.89. The molecule has 1 aromatic rings. The highest BCUT2D eigenvalue weighted by Crippen LogP contribution is 2.24. The molecule has 0 fully saturated rings. The summed E-state index contributed by atoms with van der Waals surface area (Å²) in [6, 6.07) is 5.56. The van der Waals surface area contributed by atoms with Gasteiger partial charge in [-0.2, -0.15) is 0 Å². The van der Waals surface area contributed by atoms with Crippen molar-refractivity contribution in [3.8, 4) is 0 Å². The van der Waals surface area contributed by atoms with Gasteiger partial charge in [-0.15, -0.1) is 0 Å². The standard InChI is InChI=1S/C10H12ClNO2/c1-7-4-3-5-8(11)10(7)12-6-9(13)14-2/h3-5,12H,6H2,1-2H3. The number of carbonyl (C=O) groups is 1. The smallest absolute Gasteiger partial charge is 0.325 e. The lowest BCUT2D eigenvalue weighted by atomic mass is 10.2. The molecule has 0 aromatic heterocycles. The summed E-state index contributed by atoms with van der Waals surface area (Å²) in [5.74, 6) is -0.315. The second-order valence-corrected chi connectivity index (χ2v) is 3.27. The third kappa shape index (κ3) is 2.64. The Kier molecular flexibility index (Phi) is 3.77. The van der Waals surface area contributed by atoms with E-state index in [1.165, 1.54) is 7.11 Å². The van der Waals surface area contributed by atoms with E-state index < -0.39 is 0 Å². The number of halogens is 1. The van der Waals surface area contributed by atoms with Crippen LogP contribution in [0.15, 0.2) is 18.2 Å². The van der Waals surface area contributed by atoms with Crippen molar-refractivity contribution < 1.29 is 9.53 Å². The van der Waals surface area contributed by atoms with Crippen LogP contribution in [0.25, 0.3) is 0 Å². The van der Waals surface area contributed by atoms with Gasteiger partial charge in [0.2, 0.25) is 0 Å². The Labute approximate surface area is 88.0 Å². The summed E-state index contributed by atoms with van der Waals surface area (Å²) in [5.41, 5.74) is 1.78. The van der Waals surface area contributed by atoms with Crippen molar-refractivity contribution in [1.29, 1.82) is 0 Å². The Bertz CT molecular complexity index is 319. The van der Waals surface area contributed by atoms with E-state index in [9.17, 15) is 4.79 Å². The van der Waals surface area contributed by atoms with Crippen molar-refractivity contribution in [3.05, 3.63) is 28.8 Å². The third-order valence-corrected chi connectivity index (χ3v) is 2.17. The molecule has 4 heteroatoms. The molecular formula is C10H12ClNO2. The lowest BCUT2D eigenvalue weighted by Gasteiger charge is -2.09. The predicted molar refractivity (Wildman–Crippen MR) is 56.7 cm³/mol. The number of aryl methyl sites for hydroxylation is 1. The lowest BCUT2D eigenvalue weighted by molar-refractivity contribution is -0.138. The molecule has 0 atom stereocenters. The summed E-state index contributed by atoms with van der Waals surface area (Å²) < 4.78 is 4.51. The van der Waals surface area contributed by atoms with Gasteiger partial charge in [-0.05, 0) is 18.6 Å². The molecule has 3 nitrogen and oxygen atoms in total. The minimum Gasteiger partial charge on any atom is -0.468 e. The van der Waals surface area contributed by atoms with Gasteiger partial charge in [0.1, 0.15) is 6.54 Å². The molecule has 76 valence electrons. The van der Waals surface area contributed by atoms with Gasteiger partial charge in [-0.25, -0.2) is 0 Å². The normalized spacial score (nSPS) is 9.64. The SMILES string of the molecule is COC(=O)CNc1c(C)cccc1Cl.